The minimum Gasteiger partial charge on any atom is -0.408 e. The largest absolute Gasteiger partial charge is 0.419 e. The number of carbonyl (C=O) groups is 1. The molecular formula is C19H17F3N2O3. The van der Waals surface area contributed by atoms with E-state index in [1.54, 1.807) is 30.3 Å². The highest BCUT2D eigenvalue weighted by molar-refractivity contribution is 5.76. The number of halogens is 3. The van der Waals surface area contributed by atoms with Gasteiger partial charge in [-0.05, 0) is 30.2 Å². The number of alkyl halides is 3. The van der Waals surface area contributed by atoms with Gasteiger partial charge < -0.3 is 9.73 Å². The van der Waals surface area contributed by atoms with E-state index in [0.29, 0.717) is 16.7 Å². The van der Waals surface area contributed by atoms with Crippen molar-refractivity contribution in [3.05, 3.63) is 70.2 Å². The molecule has 0 aliphatic rings. The number of nitrogens with one attached hydrogen (secondary N) is 1. The zero-order valence-corrected chi connectivity index (χ0v) is 14.3. The molecule has 0 bridgehead atoms. The van der Waals surface area contributed by atoms with E-state index in [1.807, 2.05) is 0 Å². The van der Waals surface area contributed by atoms with Crippen molar-refractivity contribution >= 4 is 17.0 Å². The van der Waals surface area contributed by atoms with Gasteiger partial charge in [-0.2, -0.15) is 13.2 Å². The number of nitrogens with zero attached hydrogens (tertiary/aromatic N) is 1. The summed E-state index contributed by atoms with van der Waals surface area (Å²) in [7, 11) is 0. The summed E-state index contributed by atoms with van der Waals surface area (Å²) in [6.45, 7) is 0.367. The number of carbonyl (C=O) groups excluding carboxylic acids is 1. The Labute approximate surface area is 152 Å². The summed E-state index contributed by atoms with van der Waals surface area (Å²) in [4.78, 5) is 23.8. The lowest BCUT2D eigenvalue weighted by Crippen LogP contribution is -2.28. The molecule has 3 aromatic rings. The Kier molecular flexibility index (Phi) is 5.34. The van der Waals surface area contributed by atoms with Crippen LogP contribution in [0.2, 0.25) is 0 Å². The number of fused-ring (bicyclic) bond motifs is 1. The van der Waals surface area contributed by atoms with Crippen LogP contribution < -0.4 is 11.1 Å². The van der Waals surface area contributed by atoms with Crippen LogP contribution in [0.25, 0.3) is 11.1 Å². The Morgan fingerprint density at radius 2 is 1.89 bits per heavy atom. The number of aromatic nitrogens is 1. The van der Waals surface area contributed by atoms with Gasteiger partial charge in [0.05, 0.1) is 11.1 Å². The topological polar surface area (TPSA) is 64.2 Å². The van der Waals surface area contributed by atoms with Gasteiger partial charge in [0.15, 0.2) is 5.58 Å². The van der Waals surface area contributed by atoms with E-state index in [9.17, 15) is 22.8 Å². The summed E-state index contributed by atoms with van der Waals surface area (Å²) < 4.78 is 44.5. The van der Waals surface area contributed by atoms with E-state index >= 15 is 0 Å². The van der Waals surface area contributed by atoms with Crippen LogP contribution >= 0.6 is 0 Å². The van der Waals surface area contributed by atoms with Gasteiger partial charge in [0.1, 0.15) is 0 Å². The van der Waals surface area contributed by atoms with Crippen molar-refractivity contribution in [2.24, 2.45) is 0 Å². The fourth-order valence-corrected chi connectivity index (χ4v) is 2.78. The minimum atomic E-state index is -4.39. The first-order valence-electron chi connectivity index (χ1n) is 8.36. The van der Waals surface area contributed by atoms with Gasteiger partial charge in [-0.1, -0.05) is 30.3 Å². The van der Waals surface area contributed by atoms with Gasteiger partial charge in [-0.3, -0.25) is 9.36 Å². The van der Waals surface area contributed by atoms with Gasteiger partial charge in [-0.15, -0.1) is 0 Å². The summed E-state index contributed by atoms with van der Waals surface area (Å²) in [5.74, 6) is -0.827. The fraction of sp³-hybridized carbons (Fsp3) is 0.263. The van der Waals surface area contributed by atoms with E-state index in [4.69, 9.17) is 4.42 Å². The van der Waals surface area contributed by atoms with Crippen LogP contribution in [0, 0.1) is 0 Å². The van der Waals surface area contributed by atoms with Crippen molar-refractivity contribution in [1.29, 1.82) is 0 Å². The normalized spacial score (nSPS) is 11.7. The third-order valence-electron chi connectivity index (χ3n) is 4.13. The van der Waals surface area contributed by atoms with E-state index in [1.165, 1.54) is 10.6 Å². The van der Waals surface area contributed by atoms with E-state index in [-0.39, 0.29) is 31.8 Å². The molecule has 27 heavy (non-hydrogen) atoms. The van der Waals surface area contributed by atoms with E-state index in [2.05, 4.69) is 5.32 Å². The number of amides is 1. The smallest absolute Gasteiger partial charge is 0.408 e. The summed E-state index contributed by atoms with van der Waals surface area (Å²) in [5.41, 5.74) is 0.839. The van der Waals surface area contributed by atoms with Crippen LogP contribution in [0.15, 0.2) is 57.7 Å². The van der Waals surface area contributed by atoms with Gasteiger partial charge in [0.2, 0.25) is 5.91 Å². The fourth-order valence-electron chi connectivity index (χ4n) is 2.78. The second-order valence-electron chi connectivity index (χ2n) is 6.04. The molecule has 0 aliphatic heterocycles. The van der Waals surface area contributed by atoms with Crippen LogP contribution in [-0.2, 0) is 23.9 Å². The van der Waals surface area contributed by atoms with Crippen LogP contribution in [0.3, 0.4) is 0 Å². The van der Waals surface area contributed by atoms with Crippen molar-refractivity contribution in [1.82, 2.24) is 9.88 Å². The molecule has 0 fully saturated rings. The van der Waals surface area contributed by atoms with Crippen molar-refractivity contribution < 1.29 is 22.4 Å². The van der Waals surface area contributed by atoms with E-state index < -0.39 is 17.5 Å². The van der Waals surface area contributed by atoms with E-state index in [0.717, 1.165) is 12.1 Å². The first-order chi connectivity index (χ1) is 12.8. The van der Waals surface area contributed by atoms with Crippen LogP contribution in [0.5, 0.6) is 0 Å². The molecule has 0 aliphatic carbocycles. The number of aryl methyl sites for hydroxylation is 1. The number of benzene rings is 2. The Morgan fingerprint density at radius 1 is 1.11 bits per heavy atom. The molecule has 0 unspecified atom stereocenters. The lowest BCUT2D eigenvalue weighted by atomic mass is 10.1. The molecule has 0 radical (unpaired) electrons. The SMILES string of the molecule is O=C(CCn1c(=O)oc2ccccc21)NCCc1cccc(C(F)(F)F)c1. The lowest BCUT2D eigenvalue weighted by Gasteiger charge is -2.09. The molecule has 0 spiro atoms. The van der Waals surface area contributed by atoms with Gasteiger partial charge in [0, 0.05) is 19.5 Å². The Balaban J connectivity index is 1.52. The molecule has 0 atom stereocenters. The molecular weight excluding hydrogens is 361 g/mol. The highest BCUT2D eigenvalue weighted by Gasteiger charge is 2.30. The summed E-state index contributed by atoms with van der Waals surface area (Å²) in [5, 5.41) is 2.65. The number of rotatable bonds is 6. The second kappa shape index (κ2) is 7.69. The van der Waals surface area contributed by atoms with Gasteiger partial charge in [0.25, 0.3) is 0 Å². The van der Waals surface area contributed by atoms with Crippen molar-refractivity contribution in [3.63, 3.8) is 0 Å². The predicted octanol–water partition coefficient (Wildman–Crippen LogP) is 3.36. The first-order valence-corrected chi connectivity index (χ1v) is 8.36. The van der Waals surface area contributed by atoms with Crippen LogP contribution in [-0.4, -0.2) is 17.0 Å². The molecule has 1 heterocycles. The highest BCUT2D eigenvalue weighted by atomic mass is 19.4. The molecule has 1 aromatic heterocycles. The molecule has 1 N–H and O–H groups in total. The summed E-state index contributed by atoms with van der Waals surface area (Å²) in [6.07, 6.45) is -4.05. The molecule has 0 saturated heterocycles. The maximum atomic E-state index is 12.7. The Bertz CT molecular complexity index is 1010. The van der Waals surface area contributed by atoms with Gasteiger partial charge >= 0.3 is 11.9 Å². The second-order valence-corrected chi connectivity index (χ2v) is 6.04. The molecule has 2 aromatic carbocycles. The maximum Gasteiger partial charge on any atom is 0.419 e. The van der Waals surface area contributed by atoms with Crippen molar-refractivity contribution in [2.45, 2.75) is 25.6 Å². The zero-order valence-electron chi connectivity index (χ0n) is 14.3. The summed E-state index contributed by atoms with van der Waals surface area (Å²) in [6, 6.07) is 11.9. The number of oxazole rings is 1. The molecule has 142 valence electrons. The van der Waals surface area contributed by atoms with Crippen molar-refractivity contribution in [3.8, 4) is 0 Å². The average Bonchev–Trinajstić information content (AvgIpc) is 2.94. The number of hydrogen-bond acceptors (Lipinski definition) is 3. The molecule has 8 heteroatoms. The minimum absolute atomic E-state index is 0.0615. The van der Waals surface area contributed by atoms with Crippen LogP contribution in [0.4, 0.5) is 13.2 Å². The monoisotopic (exact) mass is 378 g/mol. The van der Waals surface area contributed by atoms with Crippen LogP contribution in [0.1, 0.15) is 17.5 Å². The number of hydrogen-bond donors (Lipinski definition) is 1. The third kappa shape index (κ3) is 4.58. The quantitative estimate of drug-likeness (QED) is 0.715. The molecule has 1 amide bonds. The first kappa shape index (κ1) is 18.8. The zero-order chi connectivity index (χ0) is 19.4. The Hall–Kier alpha value is -3.03. The molecule has 3 rings (SSSR count). The highest BCUT2D eigenvalue weighted by Crippen LogP contribution is 2.29. The van der Waals surface area contributed by atoms with Gasteiger partial charge in [-0.25, -0.2) is 4.79 Å². The molecule has 0 saturated carbocycles. The average molecular weight is 378 g/mol. The Morgan fingerprint density at radius 3 is 2.67 bits per heavy atom. The maximum absolute atomic E-state index is 12.7. The summed E-state index contributed by atoms with van der Waals surface area (Å²) >= 11 is 0. The molecule has 5 nitrogen and oxygen atoms in total. The lowest BCUT2D eigenvalue weighted by molar-refractivity contribution is -0.137. The third-order valence-corrected chi connectivity index (χ3v) is 4.13. The predicted molar refractivity (Wildman–Crippen MR) is 93.2 cm³/mol. The number of para-hydroxylation sites is 2. The van der Waals surface area contributed by atoms with Crippen molar-refractivity contribution in [2.75, 3.05) is 6.54 Å². The standard InChI is InChI=1S/C19H17F3N2O3/c20-19(21,22)14-5-3-4-13(12-14)8-10-23-17(25)9-11-24-15-6-1-2-7-16(15)27-18(24)26/h1-7,12H,8-11H2,(H,23,25).